The zero-order valence-corrected chi connectivity index (χ0v) is 32.0. The average Bonchev–Trinajstić information content (AvgIpc) is 3.39. The second-order valence-corrected chi connectivity index (χ2v) is 20.6. The van der Waals surface area contributed by atoms with Crippen molar-refractivity contribution in [3.05, 3.63) is 41.5 Å². The highest BCUT2D eigenvalue weighted by atomic mass is 32.2. The van der Waals surface area contributed by atoms with Crippen molar-refractivity contribution in [2.45, 2.75) is 105 Å². The van der Waals surface area contributed by atoms with Gasteiger partial charge >= 0.3 is 5.97 Å². The second-order valence-electron chi connectivity index (χ2n) is 18.3. The maximum Gasteiger partial charge on any atom is 0.335 e. The van der Waals surface area contributed by atoms with Gasteiger partial charge in [-0.25, -0.2) is 18.2 Å². The van der Waals surface area contributed by atoms with E-state index in [4.69, 9.17) is 4.99 Å². The number of benzene rings is 1. The molecule has 0 spiro atoms. The van der Waals surface area contributed by atoms with Crippen LogP contribution in [0.25, 0.3) is 5.57 Å². The third-order valence-electron chi connectivity index (χ3n) is 15.9. The standard InChI is InChI=1S/C41H59N3O5S/c1-27(45)43-32-14-18-41(42-21-22-44-23-25-50(48,49)26-24-44)20-19-39(5)31(35(32)41)11-12-34-38(4)16-13-30(28-7-9-29(10-8-28)36(46)47)37(2,3)33(38)15-17-40(34,39)6/h7-10,13,31,33-35,42H,11-12,14-26H2,1-6H3,(H,46,47)/t31?,33-,34+,35-,38-,39+,40+,41?/m0/s1. The number of allylic oxidation sites excluding steroid dienone is 2. The number of nitrogens with one attached hydrogen (secondary N) is 1. The van der Waals surface area contributed by atoms with E-state index in [9.17, 15) is 23.1 Å². The number of hydrogen-bond acceptors (Lipinski definition) is 6. The lowest BCUT2D eigenvalue weighted by Gasteiger charge is -2.72. The number of fused-ring (bicyclic) bond motifs is 7. The fraction of sp³-hybridized carbons (Fsp3) is 0.732. The summed E-state index contributed by atoms with van der Waals surface area (Å²) >= 11 is 0. The highest BCUT2D eigenvalue weighted by Crippen LogP contribution is 2.76. The molecule has 0 aromatic heterocycles. The van der Waals surface area contributed by atoms with Crippen molar-refractivity contribution in [1.29, 1.82) is 0 Å². The molecule has 1 heterocycles. The summed E-state index contributed by atoms with van der Waals surface area (Å²) in [6.45, 7) is 17.2. The molecule has 2 unspecified atom stereocenters. The topological polar surface area (TPSA) is 116 Å². The van der Waals surface area contributed by atoms with Gasteiger partial charge in [0, 0.05) is 50.3 Å². The first-order valence-electron chi connectivity index (χ1n) is 19.3. The van der Waals surface area contributed by atoms with Crippen LogP contribution in [0.3, 0.4) is 0 Å². The molecule has 1 aliphatic heterocycles. The predicted molar refractivity (Wildman–Crippen MR) is 199 cm³/mol. The summed E-state index contributed by atoms with van der Waals surface area (Å²) in [6.07, 6.45) is 12.4. The Morgan fingerprint density at radius 2 is 1.62 bits per heavy atom. The number of nitrogens with zero attached hydrogens (tertiary/aromatic N) is 2. The Kier molecular flexibility index (Phi) is 8.91. The Bertz CT molecular complexity index is 1700. The molecule has 1 aromatic rings. The molecule has 7 rings (SSSR count). The van der Waals surface area contributed by atoms with E-state index in [0.717, 1.165) is 56.5 Å². The molecule has 4 saturated carbocycles. The zero-order valence-electron chi connectivity index (χ0n) is 31.2. The zero-order chi connectivity index (χ0) is 35.9. The smallest absolute Gasteiger partial charge is 0.335 e. The van der Waals surface area contributed by atoms with E-state index < -0.39 is 15.8 Å². The molecule has 50 heavy (non-hydrogen) atoms. The normalized spacial score (nSPS) is 41.3. The molecule has 8 atom stereocenters. The van der Waals surface area contributed by atoms with E-state index in [1.807, 2.05) is 12.1 Å². The molecule has 0 bridgehead atoms. The van der Waals surface area contributed by atoms with Crippen molar-refractivity contribution in [3.8, 4) is 0 Å². The average molecular weight is 706 g/mol. The van der Waals surface area contributed by atoms with Crippen LogP contribution in [0, 0.1) is 45.3 Å². The first kappa shape index (κ1) is 36.0. The number of aliphatic imine (C=N–C) groups is 1. The highest BCUT2D eigenvalue weighted by molar-refractivity contribution is 7.91. The predicted octanol–water partition coefficient (Wildman–Crippen LogP) is 6.90. The number of carboxylic acids is 1. The van der Waals surface area contributed by atoms with Crippen LogP contribution >= 0.6 is 0 Å². The quantitative estimate of drug-likeness (QED) is 0.331. The van der Waals surface area contributed by atoms with Crippen LogP contribution in [0.15, 0.2) is 35.3 Å². The van der Waals surface area contributed by atoms with Crippen LogP contribution < -0.4 is 5.32 Å². The van der Waals surface area contributed by atoms with Crippen molar-refractivity contribution >= 4 is 33.0 Å². The minimum absolute atomic E-state index is 0.0340. The van der Waals surface area contributed by atoms with Crippen molar-refractivity contribution < 1.29 is 23.1 Å². The molecule has 6 aliphatic rings. The molecule has 2 N–H and O–H groups in total. The second kappa shape index (κ2) is 12.4. The first-order chi connectivity index (χ1) is 23.5. The Balaban J connectivity index is 1.16. The van der Waals surface area contributed by atoms with Crippen LogP contribution in [0.5, 0.6) is 0 Å². The van der Waals surface area contributed by atoms with Crippen LogP contribution in [-0.2, 0) is 14.6 Å². The van der Waals surface area contributed by atoms with Crippen LogP contribution in [0.2, 0.25) is 0 Å². The summed E-state index contributed by atoms with van der Waals surface area (Å²) < 4.78 is 24.0. The lowest BCUT2D eigenvalue weighted by Crippen LogP contribution is -2.68. The Morgan fingerprint density at radius 1 is 0.920 bits per heavy atom. The molecular formula is C41H59N3O5S. The molecular weight excluding hydrogens is 647 g/mol. The van der Waals surface area contributed by atoms with E-state index in [2.05, 4.69) is 50.9 Å². The molecule has 1 saturated heterocycles. The maximum atomic E-state index is 12.5. The summed E-state index contributed by atoms with van der Waals surface area (Å²) in [5.41, 5.74) is 4.31. The largest absolute Gasteiger partial charge is 0.478 e. The van der Waals surface area contributed by atoms with Gasteiger partial charge in [-0.2, -0.15) is 0 Å². The lowest BCUT2D eigenvalue weighted by molar-refractivity contribution is -0.211. The van der Waals surface area contributed by atoms with E-state index in [-0.39, 0.29) is 50.5 Å². The van der Waals surface area contributed by atoms with Crippen molar-refractivity contribution in [2.75, 3.05) is 37.7 Å². The summed E-state index contributed by atoms with van der Waals surface area (Å²) in [4.78, 5) is 31.1. The first-order valence-corrected chi connectivity index (χ1v) is 21.1. The van der Waals surface area contributed by atoms with Gasteiger partial charge in [-0.1, -0.05) is 52.8 Å². The third-order valence-corrected chi connectivity index (χ3v) is 17.5. The van der Waals surface area contributed by atoms with E-state index in [1.165, 1.54) is 31.3 Å². The number of carbonyl (C=O) groups excluding carboxylic acids is 1. The SMILES string of the molecule is CC(=O)N=C1CCC2(NCCN3CCS(=O)(=O)CC3)CC[C@]3(C)C(CC[C@@H]4[C@@]5(C)CC=C(c6ccc(C(=O)O)cc6)C(C)(C)[C@@H]5CC[C@]43C)[C@@H]12. The Labute approximate surface area is 299 Å². The van der Waals surface area contributed by atoms with Gasteiger partial charge in [0.15, 0.2) is 9.84 Å². The molecule has 8 nitrogen and oxygen atoms in total. The monoisotopic (exact) mass is 705 g/mol. The third kappa shape index (κ3) is 5.58. The van der Waals surface area contributed by atoms with Gasteiger partial charge in [0.25, 0.3) is 0 Å². The number of sulfone groups is 1. The minimum Gasteiger partial charge on any atom is -0.478 e. The van der Waals surface area contributed by atoms with E-state index in [1.54, 1.807) is 19.1 Å². The lowest BCUT2D eigenvalue weighted by atomic mass is 9.33. The minimum atomic E-state index is -2.90. The summed E-state index contributed by atoms with van der Waals surface area (Å²) in [5.74, 6) is 1.36. The number of carboxylic acid groups (broad SMARTS) is 1. The van der Waals surface area contributed by atoms with Gasteiger partial charge in [-0.3, -0.25) is 4.79 Å². The maximum absolute atomic E-state index is 12.5. The summed E-state index contributed by atoms with van der Waals surface area (Å²) in [6, 6.07) is 7.49. The summed E-state index contributed by atoms with van der Waals surface area (Å²) in [7, 11) is -2.90. The van der Waals surface area contributed by atoms with Crippen molar-refractivity contribution in [1.82, 2.24) is 10.2 Å². The number of amides is 1. The molecule has 5 fully saturated rings. The number of hydrogen-bond donors (Lipinski definition) is 2. The fourth-order valence-corrected chi connectivity index (χ4v) is 14.6. The van der Waals surface area contributed by atoms with Gasteiger partial charge < -0.3 is 15.3 Å². The van der Waals surface area contributed by atoms with Crippen LogP contribution in [0.4, 0.5) is 0 Å². The number of carbonyl (C=O) groups is 2. The molecule has 0 radical (unpaired) electrons. The van der Waals surface area contributed by atoms with Crippen LogP contribution in [-0.4, -0.2) is 79.2 Å². The molecule has 274 valence electrons. The number of aromatic carboxylic acids is 1. The van der Waals surface area contributed by atoms with E-state index >= 15 is 0 Å². The Morgan fingerprint density at radius 3 is 2.28 bits per heavy atom. The molecule has 1 amide bonds. The van der Waals surface area contributed by atoms with Gasteiger partial charge in [-0.05, 0) is 120 Å². The van der Waals surface area contributed by atoms with Crippen LogP contribution in [0.1, 0.15) is 115 Å². The van der Waals surface area contributed by atoms with Gasteiger partial charge in [0.2, 0.25) is 5.91 Å². The van der Waals surface area contributed by atoms with E-state index in [0.29, 0.717) is 36.4 Å². The number of rotatable bonds is 6. The molecule has 5 aliphatic carbocycles. The van der Waals surface area contributed by atoms with Gasteiger partial charge in [0.1, 0.15) is 0 Å². The summed E-state index contributed by atoms with van der Waals surface area (Å²) in [5, 5.41) is 13.5. The molecule has 9 heteroatoms. The highest BCUT2D eigenvalue weighted by Gasteiger charge is 2.70. The van der Waals surface area contributed by atoms with Gasteiger partial charge in [-0.15, -0.1) is 0 Å². The fourth-order valence-electron chi connectivity index (χ4n) is 13.3. The van der Waals surface area contributed by atoms with Gasteiger partial charge in [0.05, 0.1) is 17.1 Å². The van der Waals surface area contributed by atoms with Crippen molar-refractivity contribution in [3.63, 3.8) is 0 Å². The van der Waals surface area contributed by atoms with Crippen molar-refractivity contribution in [2.24, 2.45) is 50.3 Å². The Hall–Kier alpha value is -2.36. The molecule has 1 aromatic carbocycles.